The van der Waals surface area contributed by atoms with Gasteiger partial charge in [-0.3, -0.25) is 0 Å². The van der Waals surface area contributed by atoms with Crippen molar-refractivity contribution in [2.75, 3.05) is 18.6 Å². The Morgan fingerprint density at radius 3 is 2.46 bits per heavy atom. The van der Waals surface area contributed by atoms with Crippen LogP contribution in [0.2, 0.25) is 0 Å². The maximum atomic E-state index is 5.99. The van der Waals surface area contributed by atoms with Crippen LogP contribution in [-0.2, 0) is 0 Å². The van der Waals surface area contributed by atoms with Crippen molar-refractivity contribution >= 4 is 17.8 Å². The Kier molecular flexibility index (Phi) is 5.64. The van der Waals surface area contributed by atoms with E-state index in [0.29, 0.717) is 5.82 Å². The van der Waals surface area contributed by atoms with Crippen LogP contribution in [0.4, 0.5) is 11.8 Å². The third-order valence-electron chi connectivity index (χ3n) is 4.91. The van der Waals surface area contributed by atoms with Crippen LogP contribution in [0.25, 0.3) is 17.2 Å². The second-order valence-corrected chi connectivity index (χ2v) is 6.89. The zero-order valence-corrected chi connectivity index (χ0v) is 16.7. The smallest absolute Gasteiger partial charge is 0.222 e. The summed E-state index contributed by atoms with van der Waals surface area (Å²) in [4.78, 5) is 8.22. The molecule has 0 saturated carbocycles. The summed E-state index contributed by atoms with van der Waals surface area (Å²) in [5, 5.41) is 0. The number of benzene rings is 2. The highest BCUT2D eigenvalue weighted by Crippen LogP contribution is 2.34. The average molecular weight is 374 g/mol. The minimum absolute atomic E-state index is 0.122. The van der Waals surface area contributed by atoms with Gasteiger partial charge in [-0.15, -0.1) is 0 Å². The van der Waals surface area contributed by atoms with E-state index in [9.17, 15) is 0 Å². The molecular weight excluding hydrogens is 348 g/mol. The monoisotopic (exact) mass is 374 g/mol. The number of aromatic nitrogens is 2. The van der Waals surface area contributed by atoms with Crippen molar-refractivity contribution in [2.45, 2.75) is 26.7 Å². The van der Waals surface area contributed by atoms with Gasteiger partial charge in [-0.05, 0) is 36.6 Å². The van der Waals surface area contributed by atoms with Crippen molar-refractivity contribution in [3.05, 3.63) is 70.9 Å². The fraction of sp³-hybridized carbons (Fsp3) is 0.217. The number of nitrogens with two attached hydrogens (primary N) is 2. The summed E-state index contributed by atoms with van der Waals surface area (Å²) >= 11 is 0. The highest BCUT2D eigenvalue weighted by Gasteiger charge is 2.12. The van der Waals surface area contributed by atoms with Crippen LogP contribution in [0.3, 0.4) is 0 Å². The number of ether oxygens (including phenoxy) is 1. The molecule has 5 nitrogen and oxygen atoms in total. The van der Waals surface area contributed by atoms with Crippen molar-refractivity contribution in [3.63, 3.8) is 0 Å². The molecule has 0 aliphatic carbocycles. The molecule has 1 aromatic heterocycles. The van der Waals surface area contributed by atoms with E-state index in [1.165, 1.54) is 11.1 Å². The van der Waals surface area contributed by atoms with Gasteiger partial charge in [0, 0.05) is 17.0 Å². The molecule has 0 aliphatic heterocycles. The standard InChI is InChI=1S/C23H26N4O/c1-14-7-5-6-8-18(14)17-10-12-19(21(13-17)28-4)15(2)9-11-20-16(3)26-23(25)27-22(20)24/h5-13,15H,1-4H3,(H4,24,25,26,27). The minimum Gasteiger partial charge on any atom is -0.496 e. The zero-order valence-electron chi connectivity index (χ0n) is 16.7. The predicted molar refractivity (Wildman–Crippen MR) is 116 cm³/mol. The first kappa shape index (κ1) is 19.4. The third kappa shape index (κ3) is 3.98. The Bertz CT molecular complexity index is 1000. The molecule has 3 rings (SSSR count). The number of hydrogen-bond donors (Lipinski definition) is 2. The van der Waals surface area contributed by atoms with E-state index < -0.39 is 0 Å². The first-order valence-electron chi connectivity index (χ1n) is 9.22. The van der Waals surface area contributed by atoms with Crippen LogP contribution in [-0.4, -0.2) is 17.1 Å². The Hall–Kier alpha value is -3.34. The highest BCUT2D eigenvalue weighted by molar-refractivity contribution is 5.70. The molecule has 4 N–H and O–H groups in total. The van der Waals surface area contributed by atoms with E-state index in [2.05, 4.69) is 66.3 Å². The van der Waals surface area contributed by atoms with Crippen LogP contribution in [0.1, 0.15) is 35.2 Å². The van der Waals surface area contributed by atoms with Gasteiger partial charge < -0.3 is 16.2 Å². The summed E-state index contributed by atoms with van der Waals surface area (Å²) in [6, 6.07) is 14.7. The molecule has 0 spiro atoms. The van der Waals surface area contributed by atoms with Crippen LogP contribution in [0, 0.1) is 13.8 Å². The van der Waals surface area contributed by atoms with Gasteiger partial charge in [-0.1, -0.05) is 55.5 Å². The molecule has 0 bridgehead atoms. The quantitative estimate of drug-likeness (QED) is 0.673. The van der Waals surface area contributed by atoms with Gasteiger partial charge in [0.1, 0.15) is 11.6 Å². The van der Waals surface area contributed by atoms with Gasteiger partial charge in [0.15, 0.2) is 0 Å². The SMILES string of the molecule is COc1cc(-c2ccccc2C)ccc1C(C)C=Cc1c(C)nc(N)nc1N. The topological polar surface area (TPSA) is 87.0 Å². The van der Waals surface area contributed by atoms with Gasteiger partial charge in [-0.25, -0.2) is 4.98 Å². The predicted octanol–water partition coefficient (Wildman–Crippen LogP) is 4.75. The van der Waals surface area contributed by atoms with Crippen molar-refractivity contribution in [2.24, 2.45) is 0 Å². The molecular formula is C23H26N4O. The summed E-state index contributed by atoms with van der Waals surface area (Å²) in [6.45, 7) is 6.10. The molecule has 2 aromatic carbocycles. The lowest BCUT2D eigenvalue weighted by atomic mass is 9.94. The summed E-state index contributed by atoms with van der Waals surface area (Å²) in [5.41, 5.74) is 17.9. The summed E-state index contributed by atoms with van der Waals surface area (Å²) in [7, 11) is 1.70. The number of hydrogen-bond acceptors (Lipinski definition) is 5. The van der Waals surface area contributed by atoms with Crippen molar-refractivity contribution < 1.29 is 4.74 Å². The van der Waals surface area contributed by atoms with Crippen LogP contribution < -0.4 is 16.2 Å². The molecule has 0 amide bonds. The first-order chi connectivity index (χ1) is 13.4. The second-order valence-electron chi connectivity index (χ2n) is 6.89. The third-order valence-corrected chi connectivity index (χ3v) is 4.91. The Morgan fingerprint density at radius 2 is 1.79 bits per heavy atom. The molecule has 0 aliphatic rings. The van der Waals surface area contributed by atoms with Crippen LogP contribution in [0.15, 0.2) is 48.5 Å². The van der Waals surface area contributed by atoms with Crippen LogP contribution in [0.5, 0.6) is 5.75 Å². The number of anilines is 2. The van der Waals surface area contributed by atoms with Gasteiger partial charge >= 0.3 is 0 Å². The van der Waals surface area contributed by atoms with E-state index in [1.54, 1.807) is 7.11 Å². The summed E-state index contributed by atoms with van der Waals surface area (Å²) in [5.74, 6) is 1.55. The van der Waals surface area contributed by atoms with Crippen molar-refractivity contribution in [1.29, 1.82) is 0 Å². The van der Waals surface area contributed by atoms with Gasteiger partial charge in [-0.2, -0.15) is 4.98 Å². The molecule has 28 heavy (non-hydrogen) atoms. The molecule has 1 heterocycles. The summed E-state index contributed by atoms with van der Waals surface area (Å²) < 4.78 is 5.68. The second kappa shape index (κ2) is 8.13. The maximum absolute atomic E-state index is 5.99. The van der Waals surface area contributed by atoms with Gasteiger partial charge in [0.25, 0.3) is 0 Å². The number of nitrogen functional groups attached to an aromatic ring is 2. The highest BCUT2D eigenvalue weighted by atomic mass is 16.5. The van der Waals surface area contributed by atoms with Gasteiger partial charge in [0.05, 0.1) is 12.8 Å². The Balaban J connectivity index is 1.92. The maximum Gasteiger partial charge on any atom is 0.222 e. The van der Waals surface area contributed by atoms with Crippen molar-refractivity contribution in [1.82, 2.24) is 9.97 Å². The number of rotatable bonds is 5. The van der Waals surface area contributed by atoms with Gasteiger partial charge in [0.2, 0.25) is 5.95 Å². The number of aryl methyl sites for hydroxylation is 2. The Morgan fingerprint density at radius 1 is 1.04 bits per heavy atom. The fourth-order valence-corrected chi connectivity index (χ4v) is 3.33. The number of methoxy groups -OCH3 is 1. The normalized spacial score (nSPS) is 12.3. The molecule has 0 fully saturated rings. The zero-order chi connectivity index (χ0) is 20.3. The van der Waals surface area contributed by atoms with E-state index in [4.69, 9.17) is 16.2 Å². The molecule has 5 heteroatoms. The largest absolute Gasteiger partial charge is 0.496 e. The molecule has 1 atom stereocenters. The summed E-state index contributed by atoms with van der Waals surface area (Å²) in [6.07, 6.45) is 4.02. The lowest BCUT2D eigenvalue weighted by Crippen LogP contribution is -2.04. The molecule has 0 radical (unpaired) electrons. The lowest BCUT2D eigenvalue weighted by molar-refractivity contribution is 0.409. The first-order valence-corrected chi connectivity index (χ1v) is 9.22. The minimum atomic E-state index is 0.122. The molecule has 3 aromatic rings. The molecule has 1 unspecified atom stereocenters. The lowest BCUT2D eigenvalue weighted by Gasteiger charge is -2.15. The molecule has 144 valence electrons. The van der Waals surface area contributed by atoms with E-state index in [0.717, 1.165) is 28.1 Å². The Labute approximate surface area is 166 Å². The van der Waals surface area contributed by atoms with E-state index >= 15 is 0 Å². The average Bonchev–Trinajstić information content (AvgIpc) is 2.66. The van der Waals surface area contributed by atoms with Crippen molar-refractivity contribution in [3.8, 4) is 16.9 Å². The van der Waals surface area contributed by atoms with E-state index in [-0.39, 0.29) is 11.9 Å². The molecule has 0 saturated heterocycles. The number of allylic oxidation sites excluding steroid dienone is 1. The van der Waals surface area contributed by atoms with E-state index in [1.807, 2.05) is 19.1 Å². The van der Waals surface area contributed by atoms with Crippen LogP contribution >= 0.6 is 0 Å². The fourth-order valence-electron chi connectivity index (χ4n) is 3.33. The number of nitrogens with zero attached hydrogens (tertiary/aromatic N) is 2.